The summed E-state index contributed by atoms with van der Waals surface area (Å²) < 4.78 is 1.11. The van der Waals surface area contributed by atoms with E-state index in [9.17, 15) is 5.11 Å². The molecule has 4 heteroatoms. The molecule has 0 fully saturated rings. The minimum atomic E-state index is -0.454. The highest BCUT2D eigenvalue weighted by Crippen LogP contribution is 2.33. The van der Waals surface area contributed by atoms with Gasteiger partial charge >= 0.3 is 0 Å². The summed E-state index contributed by atoms with van der Waals surface area (Å²) in [5.74, 6) is 0. The average molecular weight is 437 g/mol. The fraction of sp³-hybridized carbons (Fsp3) is 0.364. The first-order valence-electron chi connectivity index (χ1n) is 9.15. The first kappa shape index (κ1) is 21.2. The molecule has 3 rings (SSSR count). The van der Waals surface area contributed by atoms with E-state index in [4.69, 9.17) is 0 Å². The van der Waals surface area contributed by atoms with Crippen LogP contribution in [0.5, 0.6) is 0 Å². The minimum absolute atomic E-state index is 0. The molecule has 0 saturated heterocycles. The molecule has 0 aliphatic rings. The van der Waals surface area contributed by atoms with Crippen LogP contribution in [0.25, 0.3) is 21.5 Å². The smallest absolute Gasteiger partial charge is 0.0917 e. The van der Waals surface area contributed by atoms with Crippen molar-refractivity contribution in [3.63, 3.8) is 0 Å². The van der Waals surface area contributed by atoms with Crippen LogP contribution in [0.3, 0.4) is 0 Å². The second-order valence-electron chi connectivity index (χ2n) is 6.70. The Bertz CT molecular complexity index is 861. The fourth-order valence-corrected chi connectivity index (χ4v) is 4.15. The summed E-state index contributed by atoms with van der Waals surface area (Å²) in [6, 6.07) is 16.9. The Kier molecular flexibility index (Phi) is 7.90. The Morgan fingerprint density at radius 1 is 0.923 bits per heavy atom. The zero-order valence-electron chi connectivity index (χ0n) is 15.4. The molecule has 3 aromatic carbocycles. The van der Waals surface area contributed by atoms with Crippen LogP contribution in [-0.2, 0) is 0 Å². The van der Waals surface area contributed by atoms with Crippen molar-refractivity contribution in [1.82, 2.24) is 4.90 Å². The van der Waals surface area contributed by atoms with E-state index >= 15 is 0 Å². The molecular weight excluding hydrogens is 410 g/mol. The van der Waals surface area contributed by atoms with Gasteiger partial charge in [0.05, 0.1) is 6.10 Å². The molecule has 3 aromatic rings. The molecule has 0 saturated carbocycles. The first-order valence-corrected chi connectivity index (χ1v) is 9.94. The number of halogens is 2. The molecule has 1 unspecified atom stereocenters. The molecule has 0 spiro atoms. The summed E-state index contributed by atoms with van der Waals surface area (Å²) in [6.07, 6.45) is 1.77. The predicted octanol–water partition coefficient (Wildman–Crippen LogP) is 6.33. The van der Waals surface area contributed by atoms with E-state index in [1.54, 1.807) is 0 Å². The maximum absolute atomic E-state index is 10.8. The Labute approximate surface area is 170 Å². The van der Waals surface area contributed by atoms with Gasteiger partial charge in [-0.25, -0.2) is 0 Å². The third-order valence-corrected chi connectivity index (χ3v) is 5.39. The number of benzene rings is 3. The second kappa shape index (κ2) is 9.70. The van der Waals surface area contributed by atoms with Crippen molar-refractivity contribution in [3.05, 3.63) is 58.6 Å². The van der Waals surface area contributed by atoms with Gasteiger partial charge < -0.3 is 10.0 Å². The van der Waals surface area contributed by atoms with Crippen molar-refractivity contribution in [1.29, 1.82) is 0 Å². The highest BCUT2D eigenvalue weighted by molar-refractivity contribution is 9.10. The Morgan fingerprint density at radius 3 is 2.23 bits per heavy atom. The Hall–Kier alpha value is -1.13. The van der Waals surface area contributed by atoms with Gasteiger partial charge in [0.2, 0.25) is 0 Å². The number of aliphatic hydroxyl groups is 1. The van der Waals surface area contributed by atoms with E-state index in [1.807, 2.05) is 0 Å². The number of aliphatic hydroxyl groups excluding tert-OH is 1. The predicted molar refractivity (Wildman–Crippen MR) is 118 cm³/mol. The lowest BCUT2D eigenvalue weighted by Crippen LogP contribution is -2.30. The zero-order valence-corrected chi connectivity index (χ0v) is 17.8. The molecule has 0 amide bonds. The van der Waals surface area contributed by atoms with E-state index in [0.717, 1.165) is 36.0 Å². The van der Waals surface area contributed by atoms with Crippen molar-refractivity contribution in [2.24, 2.45) is 0 Å². The fourth-order valence-electron chi connectivity index (χ4n) is 3.56. The summed E-state index contributed by atoms with van der Waals surface area (Å²) in [7, 11) is 0. The number of hydrogen-bond acceptors (Lipinski definition) is 2. The van der Waals surface area contributed by atoms with Crippen molar-refractivity contribution < 1.29 is 5.11 Å². The van der Waals surface area contributed by atoms with Gasteiger partial charge in [-0.15, -0.1) is 12.4 Å². The van der Waals surface area contributed by atoms with Crippen LogP contribution in [0.4, 0.5) is 0 Å². The van der Waals surface area contributed by atoms with Crippen LogP contribution in [0.1, 0.15) is 38.4 Å². The molecule has 1 atom stereocenters. The third kappa shape index (κ3) is 4.58. The van der Waals surface area contributed by atoms with Crippen LogP contribution in [0, 0.1) is 0 Å². The normalized spacial score (nSPS) is 12.5. The Balaban J connectivity index is 0.00000243. The lowest BCUT2D eigenvalue weighted by molar-refractivity contribution is 0.113. The SMILES string of the molecule is CCCN(CCC)CC(O)c1ccc2cc(Br)c3ccccc3c2c1.Cl. The van der Waals surface area contributed by atoms with Gasteiger partial charge in [-0.05, 0) is 65.2 Å². The number of nitrogens with zero attached hydrogens (tertiary/aromatic N) is 1. The van der Waals surface area contributed by atoms with Gasteiger partial charge in [0.15, 0.2) is 0 Å². The first-order chi connectivity index (χ1) is 12.1. The molecule has 0 aliphatic carbocycles. The molecule has 0 aromatic heterocycles. The third-order valence-electron chi connectivity index (χ3n) is 4.73. The lowest BCUT2D eigenvalue weighted by atomic mass is 9.98. The van der Waals surface area contributed by atoms with Crippen molar-refractivity contribution in [2.45, 2.75) is 32.8 Å². The summed E-state index contributed by atoms with van der Waals surface area (Å²) in [5.41, 5.74) is 0.997. The molecule has 140 valence electrons. The number of rotatable bonds is 7. The lowest BCUT2D eigenvalue weighted by Gasteiger charge is -2.24. The summed E-state index contributed by atoms with van der Waals surface area (Å²) in [4.78, 5) is 2.36. The molecule has 0 heterocycles. The van der Waals surface area contributed by atoms with Crippen LogP contribution >= 0.6 is 28.3 Å². The van der Waals surface area contributed by atoms with E-state index < -0.39 is 6.10 Å². The maximum Gasteiger partial charge on any atom is 0.0917 e. The van der Waals surface area contributed by atoms with Gasteiger partial charge in [-0.1, -0.05) is 66.2 Å². The van der Waals surface area contributed by atoms with Gasteiger partial charge in [0, 0.05) is 11.0 Å². The van der Waals surface area contributed by atoms with E-state index in [1.165, 1.54) is 21.5 Å². The van der Waals surface area contributed by atoms with Crippen molar-refractivity contribution >= 4 is 49.9 Å². The monoisotopic (exact) mass is 435 g/mol. The van der Waals surface area contributed by atoms with Gasteiger partial charge in [0.1, 0.15) is 0 Å². The second-order valence-corrected chi connectivity index (χ2v) is 7.56. The highest BCUT2D eigenvalue weighted by Gasteiger charge is 2.14. The number of hydrogen-bond donors (Lipinski definition) is 1. The molecular formula is C22H27BrClNO. The van der Waals surface area contributed by atoms with Crippen LogP contribution in [-0.4, -0.2) is 29.6 Å². The van der Waals surface area contributed by atoms with E-state index in [2.05, 4.69) is 83.2 Å². The van der Waals surface area contributed by atoms with Crippen LogP contribution in [0.15, 0.2) is 53.0 Å². The average Bonchev–Trinajstić information content (AvgIpc) is 2.62. The van der Waals surface area contributed by atoms with Crippen LogP contribution < -0.4 is 0 Å². The highest BCUT2D eigenvalue weighted by atomic mass is 79.9. The minimum Gasteiger partial charge on any atom is -0.387 e. The summed E-state index contributed by atoms with van der Waals surface area (Å²) in [5, 5.41) is 15.6. The Morgan fingerprint density at radius 2 is 1.58 bits per heavy atom. The standard InChI is InChI=1S/C22H26BrNO.ClH/c1-3-11-24(12-4-2)15-22(25)17-10-9-16-14-21(23)19-8-6-5-7-18(19)20(16)13-17;/h5-10,13-14,22,25H,3-4,11-12,15H2,1-2H3;1H. The molecule has 2 nitrogen and oxygen atoms in total. The van der Waals surface area contributed by atoms with Crippen molar-refractivity contribution in [2.75, 3.05) is 19.6 Å². The van der Waals surface area contributed by atoms with Gasteiger partial charge in [-0.3, -0.25) is 0 Å². The quantitative estimate of drug-likeness (QED) is 0.437. The van der Waals surface area contributed by atoms with E-state index in [-0.39, 0.29) is 12.4 Å². The molecule has 0 radical (unpaired) electrons. The summed E-state index contributed by atoms with van der Waals surface area (Å²) in [6.45, 7) is 7.15. The molecule has 26 heavy (non-hydrogen) atoms. The molecule has 1 N–H and O–H groups in total. The largest absolute Gasteiger partial charge is 0.387 e. The molecule has 0 bridgehead atoms. The van der Waals surface area contributed by atoms with Gasteiger partial charge in [0.25, 0.3) is 0 Å². The van der Waals surface area contributed by atoms with Crippen LogP contribution in [0.2, 0.25) is 0 Å². The maximum atomic E-state index is 10.8. The van der Waals surface area contributed by atoms with Gasteiger partial charge in [-0.2, -0.15) is 0 Å². The molecule has 0 aliphatic heterocycles. The summed E-state index contributed by atoms with van der Waals surface area (Å²) >= 11 is 3.68. The number of fused-ring (bicyclic) bond motifs is 3. The van der Waals surface area contributed by atoms with E-state index in [0.29, 0.717) is 6.54 Å². The zero-order chi connectivity index (χ0) is 17.8. The topological polar surface area (TPSA) is 23.5 Å². The van der Waals surface area contributed by atoms with Crippen molar-refractivity contribution in [3.8, 4) is 0 Å².